The van der Waals surface area contributed by atoms with Crippen LogP contribution in [0.25, 0.3) is 22.4 Å². The fourth-order valence-electron chi connectivity index (χ4n) is 2.02. The van der Waals surface area contributed by atoms with Crippen molar-refractivity contribution in [2.24, 2.45) is 0 Å². The smallest absolute Gasteiger partial charge is 0.139 e. The number of H-pyrrole nitrogens is 1. The Morgan fingerprint density at radius 2 is 2.10 bits per heavy atom. The average molecular weight is 328 g/mol. The number of rotatable bonds is 2. The van der Waals surface area contributed by atoms with Crippen molar-refractivity contribution < 1.29 is 4.74 Å². The molecule has 0 aliphatic rings. The van der Waals surface area contributed by atoms with E-state index in [1.165, 1.54) is 0 Å². The van der Waals surface area contributed by atoms with Crippen LogP contribution in [0.2, 0.25) is 0 Å². The molecule has 0 amide bonds. The van der Waals surface area contributed by atoms with Gasteiger partial charge in [-0.15, -0.1) is 0 Å². The number of nitrogens with zero attached hydrogens (tertiary/aromatic N) is 2. The number of fused-ring (bicyclic) bond motifs is 1. The molecule has 1 N–H and O–H groups in total. The van der Waals surface area contributed by atoms with Crippen molar-refractivity contribution in [1.29, 1.82) is 5.26 Å². The maximum absolute atomic E-state index is 8.92. The first kappa shape index (κ1) is 12.7. The number of aromatic amines is 1. The molecule has 0 atom stereocenters. The van der Waals surface area contributed by atoms with Crippen molar-refractivity contribution in [3.8, 4) is 23.2 Å². The van der Waals surface area contributed by atoms with Crippen LogP contribution in [-0.4, -0.2) is 17.1 Å². The van der Waals surface area contributed by atoms with Gasteiger partial charge in [0.2, 0.25) is 0 Å². The van der Waals surface area contributed by atoms with Crippen LogP contribution >= 0.6 is 15.9 Å². The monoisotopic (exact) mass is 327 g/mol. The van der Waals surface area contributed by atoms with E-state index in [0.29, 0.717) is 5.56 Å². The molecule has 3 rings (SSSR count). The predicted molar refractivity (Wildman–Crippen MR) is 80.5 cm³/mol. The lowest BCUT2D eigenvalue weighted by atomic mass is 10.2. The maximum atomic E-state index is 8.92. The van der Waals surface area contributed by atoms with Crippen LogP contribution in [-0.2, 0) is 0 Å². The topological polar surface area (TPSA) is 61.7 Å². The highest BCUT2D eigenvalue weighted by Crippen LogP contribution is 2.31. The molecule has 20 heavy (non-hydrogen) atoms. The van der Waals surface area contributed by atoms with E-state index in [9.17, 15) is 0 Å². The largest absolute Gasteiger partial charge is 0.497 e. The first-order valence-electron chi connectivity index (χ1n) is 5.95. The van der Waals surface area contributed by atoms with E-state index in [4.69, 9.17) is 10.00 Å². The van der Waals surface area contributed by atoms with Gasteiger partial charge >= 0.3 is 0 Å². The van der Waals surface area contributed by atoms with Crippen molar-refractivity contribution in [3.63, 3.8) is 0 Å². The van der Waals surface area contributed by atoms with Crippen molar-refractivity contribution in [3.05, 3.63) is 46.4 Å². The fourth-order valence-corrected chi connectivity index (χ4v) is 2.45. The van der Waals surface area contributed by atoms with Gasteiger partial charge in [0.25, 0.3) is 0 Å². The van der Waals surface area contributed by atoms with E-state index in [-0.39, 0.29) is 0 Å². The van der Waals surface area contributed by atoms with Gasteiger partial charge in [-0.3, -0.25) is 0 Å². The number of hydrogen-bond acceptors (Lipinski definition) is 3. The van der Waals surface area contributed by atoms with Crippen LogP contribution in [0.5, 0.6) is 5.75 Å². The Kier molecular flexibility index (Phi) is 3.17. The molecule has 4 nitrogen and oxygen atoms in total. The van der Waals surface area contributed by atoms with Gasteiger partial charge in [-0.2, -0.15) is 5.26 Å². The highest BCUT2D eigenvalue weighted by Gasteiger charge is 2.10. The lowest BCUT2D eigenvalue weighted by molar-refractivity contribution is 0.415. The van der Waals surface area contributed by atoms with Crippen LogP contribution in [0.4, 0.5) is 0 Å². The number of halogens is 1. The van der Waals surface area contributed by atoms with Gasteiger partial charge in [-0.1, -0.05) is 15.9 Å². The highest BCUT2D eigenvalue weighted by atomic mass is 79.9. The molecule has 0 aliphatic carbocycles. The molecule has 98 valence electrons. The number of aromatic nitrogens is 2. The zero-order chi connectivity index (χ0) is 14.1. The molecular formula is C15H10BrN3O. The number of nitriles is 1. The predicted octanol–water partition coefficient (Wildman–Crippen LogP) is 3.87. The molecule has 5 heteroatoms. The molecule has 0 fully saturated rings. The number of hydrogen-bond donors (Lipinski definition) is 1. The second kappa shape index (κ2) is 4.99. The van der Waals surface area contributed by atoms with Gasteiger partial charge in [0.1, 0.15) is 11.6 Å². The zero-order valence-corrected chi connectivity index (χ0v) is 12.2. The molecule has 0 saturated heterocycles. The second-order valence-corrected chi connectivity index (χ2v) is 5.13. The van der Waals surface area contributed by atoms with Gasteiger partial charge in [0.15, 0.2) is 0 Å². The Bertz CT molecular complexity index is 833. The van der Waals surface area contributed by atoms with Crippen LogP contribution < -0.4 is 4.74 Å². The first-order valence-corrected chi connectivity index (χ1v) is 6.74. The third kappa shape index (κ3) is 2.15. The van der Waals surface area contributed by atoms with E-state index in [1.54, 1.807) is 19.2 Å². The molecule has 1 aromatic heterocycles. The van der Waals surface area contributed by atoms with E-state index in [2.05, 4.69) is 32.0 Å². The quantitative estimate of drug-likeness (QED) is 0.777. The van der Waals surface area contributed by atoms with Crippen LogP contribution in [0, 0.1) is 11.3 Å². The summed E-state index contributed by atoms with van der Waals surface area (Å²) in [7, 11) is 1.63. The fraction of sp³-hybridized carbons (Fsp3) is 0.0667. The normalized spacial score (nSPS) is 10.4. The molecule has 0 unspecified atom stereocenters. The maximum Gasteiger partial charge on any atom is 0.139 e. The van der Waals surface area contributed by atoms with Crippen LogP contribution in [0.1, 0.15) is 5.56 Å². The average Bonchev–Trinajstić information content (AvgIpc) is 2.90. The number of ether oxygens (including phenoxy) is 1. The molecule has 0 radical (unpaired) electrons. The second-order valence-electron chi connectivity index (χ2n) is 4.27. The van der Waals surface area contributed by atoms with Gasteiger partial charge in [0.05, 0.1) is 29.8 Å². The van der Waals surface area contributed by atoms with Crippen molar-refractivity contribution in [2.45, 2.75) is 0 Å². The molecule has 0 bridgehead atoms. The summed E-state index contributed by atoms with van der Waals surface area (Å²) in [6, 6.07) is 13.2. The van der Waals surface area contributed by atoms with Crippen molar-refractivity contribution in [2.75, 3.05) is 7.11 Å². The molecule has 3 aromatic rings. The first-order chi connectivity index (χ1) is 9.71. The Hall–Kier alpha value is -2.32. The van der Waals surface area contributed by atoms with Gasteiger partial charge in [0, 0.05) is 10.0 Å². The third-order valence-corrected chi connectivity index (χ3v) is 3.73. The van der Waals surface area contributed by atoms with Crippen LogP contribution in [0.15, 0.2) is 40.9 Å². The summed E-state index contributed by atoms with van der Waals surface area (Å²) in [5, 5.41) is 8.92. The van der Waals surface area contributed by atoms with Crippen molar-refractivity contribution >= 4 is 27.0 Å². The summed E-state index contributed by atoms with van der Waals surface area (Å²) >= 11 is 3.51. The van der Waals surface area contributed by atoms with Gasteiger partial charge in [-0.05, 0) is 36.4 Å². The highest BCUT2D eigenvalue weighted by molar-refractivity contribution is 9.10. The van der Waals surface area contributed by atoms with E-state index in [1.807, 2.05) is 24.3 Å². The number of benzene rings is 2. The van der Waals surface area contributed by atoms with Crippen molar-refractivity contribution in [1.82, 2.24) is 9.97 Å². The molecular weight excluding hydrogens is 318 g/mol. The van der Waals surface area contributed by atoms with Gasteiger partial charge in [-0.25, -0.2) is 4.98 Å². The lowest BCUT2D eigenvalue weighted by Crippen LogP contribution is -1.86. The van der Waals surface area contributed by atoms with E-state index < -0.39 is 0 Å². The Morgan fingerprint density at radius 1 is 1.25 bits per heavy atom. The minimum absolute atomic E-state index is 0.609. The Balaban J connectivity index is 2.17. The van der Waals surface area contributed by atoms with E-state index in [0.717, 1.165) is 32.6 Å². The minimum Gasteiger partial charge on any atom is -0.497 e. The van der Waals surface area contributed by atoms with E-state index >= 15 is 0 Å². The summed E-state index contributed by atoms with van der Waals surface area (Å²) in [5.41, 5.74) is 3.19. The van der Waals surface area contributed by atoms with Crippen LogP contribution in [0.3, 0.4) is 0 Å². The molecule has 0 spiro atoms. The summed E-state index contributed by atoms with van der Waals surface area (Å²) in [6.45, 7) is 0. The summed E-state index contributed by atoms with van der Waals surface area (Å²) < 4.78 is 6.16. The molecule has 0 saturated carbocycles. The molecule has 1 heterocycles. The molecule has 0 aliphatic heterocycles. The standard InChI is InChI=1S/C15H10BrN3O/c1-20-10-3-4-12(16)11(7-10)15-18-13-5-2-9(8-17)6-14(13)19-15/h2-7H,1H3,(H,18,19). The summed E-state index contributed by atoms with van der Waals surface area (Å²) in [4.78, 5) is 7.78. The SMILES string of the molecule is COc1ccc(Br)c(-c2nc3ccc(C#N)cc3[nH]2)c1. The minimum atomic E-state index is 0.609. The molecule has 2 aromatic carbocycles. The van der Waals surface area contributed by atoms with Gasteiger partial charge < -0.3 is 9.72 Å². The number of imidazole rings is 1. The third-order valence-electron chi connectivity index (χ3n) is 3.04. The Morgan fingerprint density at radius 3 is 2.85 bits per heavy atom. The lowest BCUT2D eigenvalue weighted by Gasteiger charge is -2.04. The number of nitrogens with one attached hydrogen (secondary N) is 1. The summed E-state index contributed by atoms with van der Waals surface area (Å²) in [6.07, 6.45) is 0. The zero-order valence-electron chi connectivity index (χ0n) is 10.6. The Labute approximate surface area is 124 Å². The summed E-state index contributed by atoms with van der Waals surface area (Å²) in [5.74, 6) is 1.50. The number of methoxy groups -OCH3 is 1.